The van der Waals surface area contributed by atoms with Gasteiger partial charge in [0, 0.05) is 19.5 Å². The molecule has 0 spiro atoms. The fourth-order valence-electron chi connectivity index (χ4n) is 4.45. The lowest BCUT2D eigenvalue weighted by molar-refractivity contribution is -0.141. The Morgan fingerprint density at radius 3 is 2.28 bits per heavy atom. The van der Waals surface area contributed by atoms with Crippen molar-refractivity contribution in [2.75, 3.05) is 13.1 Å². The number of rotatable bonds is 11. The van der Waals surface area contributed by atoms with Crippen LogP contribution in [-0.2, 0) is 32.6 Å². The van der Waals surface area contributed by atoms with Gasteiger partial charge in [-0.1, -0.05) is 67.9 Å². The molecule has 39 heavy (non-hydrogen) atoms. The molecule has 0 aromatic heterocycles. The molecule has 3 amide bonds. The summed E-state index contributed by atoms with van der Waals surface area (Å²) in [4.78, 5) is 41.4. The van der Waals surface area contributed by atoms with Crippen LogP contribution < -0.4 is 5.32 Å². The Hall–Kier alpha value is -4.05. The summed E-state index contributed by atoms with van der Waals surface area (Å²) in [7, 11) is -4.24. The third-order valence-corrected chi connectivity index (χ3v) is 8.34. The molecule has 0 saturated heterocycles. The normalized spacial score (nSPS) is 14.5. The third kappa shape index (κ3) is 6.34. The molecular weight excluding hydrogens is 521 g/mol. The van der Waals surface area contributed by atoms with E-state index < -0.39 is 46.1 Å². The minimum absolute atomic E-state index is 0.00599. The fourth-order valence-corrected chi connectivity index (χ4v) is 5.97. The maximum absolute atomic E-state index is 13.8. The molecule has 0 unspecified atom stereocenters. The monoisotopic (exact) mass is 551 g/mol. The zero-order valence-electron chi connectivity index (χ0n) is 21.5. The molecule has 204 valence electrons. The van der Waals surface area contributed by atoms with Crippen LogP contribution in [0.3, 0.4) is 0 Å². The average Bonchev–Trinajstić information content (AvgIpc) is 3.13. The number of fused-ring (bicyclic) bond motifs is 1. The molecular formula is C29H30FN3O5S. The first-order valence-corrected chi connectivity index (χ1v) is 14.2. The van der Waals surface area contributed by atoms with Crippen LogP contribution in [0.25, 0.3) is 0 Å². The van der Waals surface area contributed by atoms with Crippen LogP contribution >= 0.6 is 0 Å². The van der Waals surface area contributed by atoms with Gasteiger partial charge in [-0.25, -0.2) is 17.1 Å². The van der Waals surface area contributed by atoms with E-state index in [1.54, 1.807) is 6.07 Å². The van der Waals surface area contributed by atoms with E-state index in [2.05, 4.69) is 5.32 Å². The summed E-state index contributed by atoms with van der Waals surface area (Å²) < 4.78 is 40.4. The van der Waals surface area contributed by atoms with E-state index in [1.165, 1.54) is 47.4 Å². The minimum atomic E-state index is -4.24. The lowest BCUT2D eigenvalue weighted by atomic mass is 10.0. The highest BCUT2D eigenvalue weighted by Crippen LogP contribution is 2.30. The molecule has 0 saturated carbocycles. The number of halogens is 1. The Bertz CT molecular complexity index is 1450. The lowest BCUT2D eigenvalue weighted by Crippen LogP contribution is -2.53. The van der Waals surface area contributed by atoms with Crippen molar-refractivity contribution in [3.8, 4) is 0 Å². The Morgan fingerprint density at radius 1 is 0.949 bits per heavy atom. The molecule has 0 radical (unpaired) electrons. The van der Waals surface area contributed by atoms with Crippen molar-refractivity contribution in [2.45, 2.75) is 43.7 Å². The molecule has 1 heterocycles. The number of sulfonamides is 1. The standard InChI is InChI=1S/C29H30FN3O5S/c1-2-3-17-31-28(35)25(18-21-9-5-4-6-10-21)32(19-22-13-15-23(30)16-14-22)27(34)20-33-29(36)24-11-7-8-12-26(24)39(33,37)38/h4-16,25H,2-3,17-20H2,1H3,(H,31,35)/t25-/m0/s1. The molecule has 3 aromatic rings. The third-order valence-electron chi connectivity index (χ3n) is 6.56. The van der Waals surface area contributed by atoms with E-state index in [1.807, 2.05) is 37.3 Å². The number of hydrogen-bond acceptors (Lipinski definition) is 5. The van der Waals surface area contributed by atoms with E-state index in [-0.39, 0.29) is 23.4 Å². The van der Waals surface area contributed by atoms with Crippen molar-refractivity contribution in [1.82, 2.24) is 14.5 Å². The number of nitrogens with one attached hydrogen (secondary N) is 1. The maximum atomic E-state index is 13.8. The zero-order chi connectivity index (χ0) is 28.0. The quantitative estimate of drug-likeness (QED) is 0.367. The second-order valence-corrected chi connectivity index (χ2v) is 11.1. The Balaban J connectivity index is 1.69. The highest BCUT2D eigenvalue weighted by Gasteiger charge is 2.43. The lowest BCUT2D eigenvalue weighted by Gasteiger charge is -2.32. The predicted octanol–water partition coefficient (Wildman–Crippen LogP) is 3.53. The number of carbonyl (C=O) groups excluding carboxylic acids is 3. The maximum Gasteiger partial charge on any atom is 0.269 e. The van der Waals surface area contributed by atoms with Crippen molar-refractivity contribution in [2.24, 2.45) is 0 Å². The summed E-state index contributed by atoms with van der Waals surface area (Å²) in [5.74, 6) is -2.38. The van der Waals surface area contributed by atoms with Gasteiger partial charge in [0.15, 0.2) is 0 Å². The van der Waals surface area contributed by atoms with Gasteiger partial charge < -0.3 is 10.2 Å². The second-order valence-electron chi connectivity index (χ2n) is 9.31. The highest BCUT2D eigenvalue weighted by molar-refractivity contribution is 7.90. The minimum Gasteiger partial charge on any atom is -0.354 e. The van der Waals surface area contributed by atoms with E-state index in [4.69, 9.17) is 0 Å². The van der Waals surface area contributed by atoms with Gasteiger partial charge in [0.2, 0.25) is 11.8 Å². The van der Waals surface area contributed by atoms with Crippen LogP contribution in [-0.4, -0.2) is 54.5 Å². The van der Waals surface area contributed by atoms with E-state index in [0.717, 1.165) is 18.4 Å². The number of hydrogen-bond donors (Lipinski definition) is 1. The summed E-state index contributed by atoms with van der Waals surface area (Å²) in [5, 5.41) is 2.88. The highest BCUT2D eigenvalue weighted by atomic mass is 32.2. The zero-order valence-corrected chi connectivity index (χ0v) is 22.4. The number of carbonyl (C=O) groups is 3. The molecule has 1 aliphatic rings. The van der Waals surface area contributed by atoms with E-state index >= 15 is 0 Å². The Kier molecular flexibility index (Phi) is 8.75. The molecule has 1 N–H and O–H groups in total. The summed E-state index contributed by atoms with van der Waals surface area (Å²) >= 11 is 0. The molecule has 8 nitrogen and oxygen atoms in total. The van der Waals surface area contributed by atoms with Crippen LogP contribution in [0.5, 0.6) is 0 Å². The molecule has 10 heteroatoms. The van der Waals surface area contributed by atoms with Crippen LogP contribution in [0.2, 0.25) is 0 Å². The first-order valence-electron chi connectivity index (χ1n) is 12.7. The smallest absolute Gasteiger partial charge is 0.269 e. The summed E-state index contributed by atoms with van der Waals surface area (Å²) in [6.07, 6.45) is 1.76. The first kappa shape index (κ1) is 28.0. The van der Waals surface area contributed by atoms with Gasteiger partial charge in [-0.05, 0) is 41.8 Å². The van der Waals surface area contributed by atoms with Crippen LogP contribution in [0.1, 0.15) is 41.3 Å². The van der Waals surface area contributed by atoms with Crippen molar-refractivity contribution >= 4 is 27.7 Å². The van der Waals surface area contributed by atoms with E-state index in [0.29, 0.717) is 16.4 Å². The van der Waals surface area contributed by atoms with E-state index in [9.17, 15) is 27.2 Å². The molecule has 1 atom stereocenters. The van der Waals surface area contributed by atoms with Gasteiger partial charge in [0.25, 0.3) is 15.9 Å². The van der Waals surface area contributed by atoms with Crippen LogP contribution in [0, 0.1) is 5.82 Å². The van der Waals surface area contributed by atoms with Gasteiger partial charge in [0.05, 0.1) is 5.56 Å². The Morgan fingerprint density at radius 2 is 1.62 bits per heavy atom. The predicted molar refractivity (Wildman–Crippen MR) is 143 cm³/mol. The summed E-state index contributed by atoms with van der Waals surface area (Å²) in [6, 6.07) is 19.4. The van der Waals surface area contributed by atoms with Crippen molar-refractivity contribution in [3.63, 3.8) is 0 Å². The van der Waals surface area contributed by atoms with Gasteiger partial charge in [-0.2, -0.15) is 0 Å². The van der Waals surface area contributed by atoms with Crippen molar-refractivity contribution < 1.29 is 27.2 Å². The molecule has 3 aromatic carbocycles. The van der Waals surface area contributed by atoms with Gasteiger partial charge in [-0.15, -0.1) is 0 Å². The molecule has 0 fully saturated rings. The Labute approximate surface area is 227 Å². The first-order chi connectivity index (χ1) is 18.7. The number of unbranched alkanes of at least 4 members (excludes halogenated alkanes) is 1. The summed E-state index contributed by atoms with van der Waals surface area (Å²) in [6.45, 7) is 1.54. The van der Waals surface area contributed by atoms with Crippen LogP contribution in [0.4, 0.5) is 4.39 Å². The summed E-state index contributed by atoms with van der Waals surface area (Å²) in [5.41, 5.74) is 1.33. The molecule has 0 bridgehead atoms. The topological polar surface area (TPSA) is 104 Å². The van der Waals surface area contributed by atoms with Gasteiger partial charge in [0.1, 0.15) is 23.3 Å². The molecule has 4 rings (SSSR count). The number of nitrogens with zero attached hydrogens (tertiary/aromatic N) is 2. The van der Waals surface area contributed by atoms with Crippen molar-refractivity contribution in [1.29, 1.82) is 0 Å². The van der Waals surface area contributed by atoms with Crippen molar-refractivity contribution in [3.05, 3.63) is 101 Å². The second kappa shape index (κ2) is 12.2. The average molecular weight is 552 g/mol. The number of benzene rings is 3. The molecule has 0 aliphatic carbocycles. The van der Waals surface area contributed by atoms with Gasteiger partial charge in [-0.3, -0.25) is 14.4 Å². The SMILES string of the molecule is CCCCNC(=O)[C@H](Cc1ccccc1)N(Cc1ccc(F)cc1)C(=O)CN1C(=O)c2ccccc2S1(=O)=O. The largest absolute Gasteiger partial charge is 0.354 e. The van der Waals surface area contributed by atoms with Crippen LogP contribution in [0.15, 0.2) is 83.8 Å². The molecule has 1 aliphatic heterocycles. The fraction of sp³-hybridized carbons (Fsp3) is 0.276. The number of amides is 3. The van der Waals surface area contributed by atoms with Gasteiger partial charge >= 0.3 is 0 Å².